The third kappa shape index (κ3) is 3.14. The summed E-state index contributed by atoms with van der Waals surface area (Å²) in [5, 5.41) is 3.99. The van der Waals surface area contributed by atoms with E-state index in [2.05, 4.69) is 23.2 Å². The van der Waals surface area contributed by atoms with Gasteiger partial charge >= 0.3 is 0 Å². The minimum atomic E-state index is 0.787. The van der Waals surface area contributed by atoms with Crippen LogP contribution in [-0.2, 0) is 4.84 Å². The molecular weight excluding hydrogens is 176 g/mol. The fourth-order valence-corrected chi connectivity index (χ4v) is 1.56. The SMILES string of the molecule is CN1CCC=C(/C=N/OCC2CC2)C1. The number of hydrogen-bond donors (Lipinski definition) is 0. The summed E-state index contributed by atoms with van der Waals surface area (Å²) in [5.74, 6) is 0.787. The number of hydrogen-bond acceptors (Lipinski definition) is 3. The average Bonchev–Trinajstić information content (AvgIpc) is 2.96. The van der Waals surface area contributed by atoms with E-state index < -0.39 is 0 Å². The molecule has 3 heteroatoms. The molecule has 3 nitrogen and oxygen atoms in total. The Kier molecular flexibility index (Phi) is 3.19. The summed E-state index contributed by atoms with van der Waals surface area (Å²) in [7, 11) is 2.13. The summed E-state index contributed by atoms with van der Waals surface area (Å²) in [6.45, 7) is 2.95. The van der Waals surface area contributed by atoms with Gasteiger partial charge in [0.25, 0.3) is 0 Å². The highest BCUT2D eigenvalue weighted by molar-refractivity contribution is 5.78. The van der Waals surface area contributed by atoms with E-state index in [0.717, 1.165) is 32.0 Å². The van der Waals surface area contributed by atoms with Crippen LogP contribution in [0.5, 0.6) is 0 Å². The van der Waals surface area contributed by atoms with Crippen molar-refractivity contribution in [1.29, 1.82) is 0 Å². The Morgan fingerprint density at radius 2 is 2.50 bits per heavy atom. The first-order valence-corrected chi connectivity index (χ1v) is 5.37. The van der Waals surface area contributed by atoms with E-state index in [-0.39, 0.29) is 0 Å². The molecule has 1 aliphatic carbocycles. The van der Waals surface area contributed by atoms with Gasteiger partial charge in [0.2, 0.25) is 0 Å². The lowest BCUT2D eigenvalue weighted by Crippen LogP contribution is -2.25. The molecule has 2 rings (SSSR count). The summed E-state index contributed by atoms with van der Waals surface area (Å²) >= 11 is 0. The van der Waals surface area contributed by atoms with E-state index in [1.165, 1.54) is 18.4 Å². The lowest BCUT2D eigenvalue weighted by molar-refractivity contribution is 0.135. The van der Waals surface area contributed by atoms with Crippen LogP contribution in [-0.4, -0.2) is 37.9 Å². The third-order valence-corrected chi connectivity index (χ3v) is 2.67. The minimum absolute atomic E-state index is 0.787. The van der Waals surface area contributed by atoms with E-state index >= 15 is 0 Å². The van der Waals surface area contributed by atoms with Crippen LogP contribution in [0, 0.1) is 5.92 Å². The molecule has 0 radical (unpaired) electrons. The van der Waals surface area contributed by atoms with Gasteiger partial charge in [-0.2, -0.15) is 0 Å². The smallest absolute Gasteiger partial charge is 0.120 e. The topological polar surface area (TPSA) is 24.8 Å². The average molecular weight is 194 g/mol. The molecule has 0 amide bonds. The highest BCUT2D eigenvalue weighted by Gasteiger charge is 2.21. The van der Waals surface area contributed by atoms with Gasteiger partial charge in [0.15, 0.2) is 0 Å². The summed E-state index contributed by atoms with van der Waals surface area (Å²) < 4.78 is 0. The second-order valence-corrected chi connectivity index (χ2v) is 4.28. The largest absolute Gasteiger partial charge is 0.396 e. The van der Waals surface area contributed by atoms with Gasteiger partial charge in [-0.25, -0.2) is 0 Å². The van der Waals surface area contributed by atoms with Crippen molar-refractivity contribution in [3.63, 3.8) is 0 Å². The normalized spacial score (nSPS) is 23.9. The second-order valence-electron chi connectivity index (χ2n) is 4.28. The molecule has 0 aromatic rings. The molecule has 1 heterocycles. The Labute approximate surface area is 85.4 Å². The van der Waals surface area contributed by atoms with Crippen molar-refractivity contribution in [2.75, 3.05) is 26.7 Å². The lowest BCUT2D eigenvalue weighted by Gasteiger charge is -2.20. The molecule has 0 atom stereocenters. The van der Waals surface area contributed by atoms with Gasteiger partial charge in [-0.1, -0.05) is 11.2 Å². The fraction of sp³-hybridized carbons (Fsp3) is 0.727. The van der Waals surface area contributed by atoms with Crippen LogP contribution in [0.1, 0.15) is 19.3 Å². The van der Waals surface area contributed by atoms with Crippen LogP contribution in [0.15, 0.2) is 16.8 Å². The van der Waals surface area contributed by atoms with Crippen molar-refractivity contribution < 1.29 is 4.84 Å². The minimum Gasteiger partial charge on any atom is -0.396 e. The fourth-order valence-electron chi connectivity index (χ4n) is 1.56. The van der Waals surface area contributed by atoms with Crippen LogP contribution >= 0.6 is 0 Å². The Morgan fingerprint density at radius 3 is 3.21 bits per heavy atom. The number of rotatable bonds is 4. The molecule has 14 heavy (non-hydrogen) atoms. The third-order valence-electron chi connectivity index (χ3n) is 2.67. The molecule has 0 bridgehead atoms. The number of nitrogens with zero attached hydrogens (tertiary/aromatic N) is 2. The molecular formula is C11H18N2O. The molecule has 1 saturated carbocycles. The lowest BCUT2D eigenvalue weighted by atomic mass is 10.1. The van der Waals surface area contributed by atoms with Crippen LogP contribution in [0.25, 0.3) is 0 Å². The van der Waals surface area contributed by atoms with Crippen LogP contribution < -0.4 is 0 Å². The summed E-state index contributed by atoms with van der Waals surface area (Å²) in [4.78, 5) is 7.50. The molecule has 0 aromatic carbocycles. The molecule has 0 aromatic heterocycles. The quantitative estimate of drug-likeness (QED) is 0.502. The van der Waals surface area contributed by atoms with Crippen molar-refractivity contribution in [2.24, 2.45) is 11.1 Å². The molecule has 1 aliphatic heterocycles. The van der Waals surface area contributed by atoms with Gasteiger partial charge in [-0.3, -0.25) is 0 Å². The van der Waals surface area contributed by atoms with Crippen molar-refractivity contribution in [3.8, 4) is 0 Å². The van der Waals surface area contributed by atoms with Crippen molar-refractivity contribution in [1.82, 2.24) is 4.90 Å². The van der Waals surface area contributed by atoms with E-state index in [1.54, 1.807) is 0 Å². The Hall–Kier alpha value is -0.830. The van der Waals surface area contributed by atoms with Gasteiger partial charge in [0.1, 0.15) is 6.61 Å². The molecule has 1 fully saturated rings. The predicted molar refractivity (Wildman–Crippen MR) is 57.4 cm³/mol. The van der Waals surface area contributed by atoms with Gasteiger partial charge in [0.05, 0.1) is 6.21 Å². The first-order chi connectivity index (χ1) is 6.84. The van der Waals surface area contributed by atoms with Crippen LogP contribution in [0.4, 0.5) is 0 Å². The Balaban J connectivity index is 1.69. The number of likely N-dealkylation sites (N-methyl/N-ethyl adjacent to an activating group) is 1. The van der Waals surface area contributed by atoms with E-state index in [1.807, 2.05) is 6.21 Å². The first-order valence-electron chi connectivity index (χ1n) is 5.37. The predicted octanol–water partition coefficient (Wildman–Crippen LogP) is 1.66. The van der Waals surface area contributed by atoms with E-state index in [9.17, 15) is 0 Å². The van der Waals surface area contributed by atoms with Crippen LogP contribution in [0.3, 0.4) is 0 Å². The molecule has 0 unspecified atom stereocenters. The van der Waals surface area contributed by atoms with Gasteiger partial charge < -0.3 is 9.74 Å². The molecule has 0 spiro atoms. The maximum atomic E-state index is 5.21. The van der Waals surface area contributed by atoms with E-state index in [0.29, 0.717) is 0 Å². The highest BCUT2D eigenvalue weighted by Crippen LogP contribution is 2.28. The summed E-state index contributed by atoms with van der Waals surface area (Å²) in [6.07, 6.45) is 7.87. The maximum absolute atomic E-state index is 5.21. The summed E-state index contributed by atoms with van der Waals surface area (Å²) in [6, 6.07) is 0. The van der Waals surface area contributed by atoms with Gasteiger partial charge in [-0.15, -0.1) is 0 Å². The Bertz CT molecular complexity index is 244. The van der Waals surface area contributed by atoms with Crippen LogP contribution in [0.2, 0.25) is 0 Å². The molecule has 0 saturated heterocycles. The standard InChI is InChI=1S/C11H18N2O/c1-13-6-2-3-11(8-13)7-12-14-9-10-4-5-10/h3,7,10H,2,4-6,8-9H2,1H3/b12-7+. The second kappa shape index (κ2) is 4.60. The van der Waals surface area contributed by atoms with E-state index in [4.69, 9.17) is 4.84 Å². The van der Waals surface area contributed by atoms with Crippen molar-refractivity contribution in [3.05, 3.63) is 11.6 Å². The summed E-state index contributed by atoms with van der Waals surface area (Å²) in [5.41, 5.74) is 1.27. The highest BCUT2D eigenvalue weighted by atomic mass is 16.6. The zero-order chi connectivity index (χ0) is 9.80. The molecule has 78 valence electrons. The maximum Gasteiger partial charge on any atom is 0.120 e. The molecule has 2 aliphatic rings. The Morgan fingerprint density at radius 1 is 1.64 bits per heavy atom. The molecule has 0 N–H and O–H groups in total. The zero-order valence-corrected chi connectivity index (χ0v) is 8.78. The number of oxime groups is 1. The van der Waals surface area contributed by atoms with Gasteiger partial charge in [0, 0.05) is 13.1 Å². The van der Waals surface area contributed by atoms with Gasteiger partial charge in [-0.05, 0) is 37.8 Å². The van der Waals surface area contributed by atoms with Crippen molar-refractivity contribution in [2.45, 2.75) is 19.3 Å². The first kappa shape index (κ1) is 9.71. The monoisotopic (exact) mass is 194 g/mol. The zero-order valence-electron chi connectivity index (χ0n) is 8.78. The van der Waals surface area contributed by atoms with Crippen molar-refractivity contribution >= 4 is 6.21 Å².